The second kappa shape index (κ2) is 10.7. The molecule has 3 aliphatic rings. The number of piperidine rings is 1. The number of ether oxygens (including phenoxy) is 1. The molecule has 4 heterocycles. The summed E-state index contributed by atoms with van der Waals surface area (Å²) in [7, 11) is 1.38. The smallest absolute Gasteiger partial charge is 0.407 e. The molecule has 2 aromatic heterocycles. The molecule has 2 aliphatic heterocycles. The van der Waals surface area contributed by atoms with E-state index < -0.39 is 0 Å². The van der Waals surface area contributed by atoms with Crippen LogP contribution in [-0.2, 0) is 4.74 Å². The van der Waals surface area contributed by atoms with E-state index in [1.807, 2.05) is 0 Å². The first kappa shape index (κ1) is 25.9. The van der Waals surface area contributed by atoms with Gasteiger partial charge in [0.25, 0.3) is 0 Å². The van der Waals surface area contributed by atoms with Crippen LogP contribution in [0.15, 0.2) is 18.3 Å². The van der Waals surface area contributed by atoms with Gasteiger partial charge >= 0.3 is 6.09 Å². The van der Waals surface area contributed by atoms with Crippen molar-refractivity contribution in [1.82, 2.24) is 29.8 Å². The molecule has 6 rings (SSSR count). The largest absolute Gasteiger partial charge is 0.453 e. The fourth-order valence-electron chi connectivity index (χ4n) is 5.16. The molecule has 3 fully saturated rings. The zero-order chi connectivity index (χ0) is 27.8. The lowest BCUT2D eigenvalue weighted by molar-refractivity contribution is 0.116. The van der Waals surface area contributed by atoms with Gasteiger partial charge in [-0.1, -0.05) is 11.6 Å². The van der Waals surface area contributed by atoms with Crippen molar-refractivity contribution in [1.29, 1.82) is 10.5 Å². The number of benzene rings is 1. The standard InChI is InChI=1S/C26H28ClN11O2/c1-40-26(39)32-17-4-6-36(7-5-17)19-13-37(14-19)21-9-15(10-28)8-20(22(21)27)33-25-34-23(31-16-2-3-16)24-30-12-18(11-29)38(24)35-25/h8-9,12,16-17,19H,2-7,13-14H2,1H3,(H,32,39)(H2,31,33,34,35). The van der Waals surface area contributed by atoms with Gasteiger partial charge in [-0.15, -0.1) is 5.10 Å². The third kappa shape index (κ3) is 5.13. The summed E-state index contributed by atoms with van der Waals surface area (Å²) in [6.07, 6.45) is 4.91. The van der Waals surface area contributed by atoms with Crippen LogP contribution >= 0.6 is 11.6 Å². The van der Waals surface area contributed by atoms with Gasteiger partial charge in [0.2, 0.25) is 5.95 Å². The number of nitrogens with one attached hydrogen (secondary N) is 3. The van der Waals surface area contributed by atoms with Gasteiger partial charge in [-0.2, -0.15) is 20.0 Å². The van der Waals surface area contributed by atoms with E-state index in [9.17, 15) is 15.3 Å². The number of methoxy groups -OCH3 is 1. The van der Waals surface area contributed by atoms with Crippen LogP contribution in [-0.4, -0.2) is 82.0 Å². The summed E-state index contributed by atoms with van der Waals surface area (Å²) in [5.41, 5.74) is 2.48. The number of imidazole rings is 1. The maximum atomic E-state index is 11.5. The van der Waals surface area contributed by atoms with Crippen LogP contribution in [0.4, 0.5) is 27.9 Å². The quantitative estimate of drug-likeness (QED) is 0.389. The van der Waals surface area contributed by atoms with Crippen LogP contribution < -0.4 is 20.9 Å². The first-order valence-corrected chi connectivity index (χ1v) is 13.6. The predicted octanol–water partition coefficient (Wildman–Crippen LogP) is 2.85. The Morgan fingerprint density at radius 3 is 2.58 bits per heavy atom. The van der Waals surface area contributed by atoms with Gasteiger partial charge in [-0.3, -0.25) is 4.90 Å². The molecule has 2 saturated heterocycles. The SMILES string of the molecule is COC(=O)NC1CCN(C2CN(c3cc(C#N)cc(Nc4nc(NC5CC5)c5ncc(C#N)n5n4)c3Cl)C2)CC1. The average molecular weight is 562 g/mol. The molecular weight excluding hydrogens is 534 g/mol. The number of fused-ring (bicyclic) bond motifs is 1. The Morgan fingerprint density at radius 2 is 1.90 bits per heavy atom. The average Bonchev–Trinajstić information content (AvgIpc) is 3.66. The van der Waals surface area contributed by atoms with E-state index in [0.717, 1.165) is 57.5 Å². The summed E-state index contributed by atoms with van der Waals surface area (Å²) in [6.45, 7) is 3.34. The van der Waals surface area contributed by atoms with Gasteiger partial charge in [-0.05, 0) is 37.8 Å². The second-order valence-corrected chi connectivity index (χ2v) is 10.7. The van der Waals surface area contributed by atoms with E-state index in [2.05, 4.69) is 53.0 Å². The number of rotatable bonds is 7. The lowest BCUT2D eigenvalue weighted by Gasteiger charge is -2.49. The van der Waals surface area contributed by atoms with Gasteiger partial charge in [0.1, 0.15) is 6.07 Å². The first-order valence-electron chi connectivity index (χ1n) is 13.2. The lowest BCUT2D eigenvalue weighted by Crippen LogP contribution is -2.62. The van der Waals surface area contributed by atoms with Gasteiger partial charge in [-0.25, -0.2) is 9.78 Å². The van der Waals surface area contributed by atoms with Crippen molar-refractivity contribution in [3.8, 4) is 12.1 Å². The zero-order valence-electron chi connectivity index (χ0n) is 21.9. The molecule has 1 amide bonds. The number of hydrogen-bond donors (Lipinski definition) is 3. The summed E-state index contributed by atoms with van der Waals surface area (Å²) in [5.74, 6) is 0.767. The fraction of sp³-hybridized carbons (Fsp3) is 0.462. The Kier molecular flexibility index (Phi) is 6.92. The van der Waals surface area contributed by atoms with E-state index >= 15 is 0 Å². The molecule has 1 aliphatic carbocycles. The molecule has 0 spiro atoms. The Balaban J connectivity index is 1.18. The Bertz CT molecular complexity index is 1530. The van der Waals surface area contributed by atoms with Crippen LogP contribution in [0.1, 0.15) is 36.9 Å². The van der Waals surface area contributed by atoms with E-state index in [0.29, 0.717) is 39.8 Å². The number of nitriles is 2. The van der Waals surface area contributed by atoms with Crippen molar-refractivity contribution in [3.63, 3.8) is 0 Å². The number of halogens is 1. The van der Waals surface area contributed by atoms with E-state index in [-0.39, 0.29) is 23.8 Å². The zero-order valence-corrected chi connectivity index (χ0v) is 22.6. The number of anilines is 4. The fourth-order valence-corrected chi connectivity index (χ4v) is 5.44. The van der Waals surface area contributed by atoms with Crippen molar-refractivity contribution in [2.45, 2.75) is 43.8 Å². The van der Waals surface area contributed by atoms with Crippen molar-refractivity contribution >= 4 is 46.5 Å². The second-order valence-electron chi connectivity index (χ2n) is 10.3. The lowest BCUT2D eigenvalue weighted by atomic mass is 9.98. The molecule has 0 atom stereocenters. The molecule has 40 heavy (non-hydrogen) atoms. The molecule has 1 aromatic carbocycles. The minimum atomic E-state index is -0.388. The minimum Gasteiger partial charge on any atom is -0.453 e. The van der Waals surface area contributed by atoms with Gasteiger partial charge in [0, 0.05) is 44.3 Å². The summed E-state index contributed by atoms with van der Waals surface area (Å²) in [5, 5.41) is 33.6. The Hall–Kier alpha value is -4.33. The van der Waals surface area contributed by atoms with Gasteiger partial charge in [0.05, 0.1) is 41.3 Å². The van der Waals surface area contributed by atoms with Crippen molar-refractivity contribution in [2.75, 3.05) is 48.8 Å². The van der Waals surface area contributed by atoms with E-state index in [4.69, 9.17) is 16.3 Å². The minimum absolute atomic E-state index is 0.128. The van der Waals surface area contributed by atoms with Crippen molar-refractivity contribution in [2.24, 2.45) is 0 Å². The number of nitrogens with zero attached hydrogens (tertiary/aromatic N) is 8. The highest BCUT2D eigenvalue weighted by Gasteiger charge is 2.35. The number of carbonyl (C=O) groups is 1. The predicted molar refractivity (Wildman–Crippen MR) is 148 cm³/mol. The van der Waals surface area contributed by atoms with Crippen molar-refractivity contribution in [3.05, 3.63) is 34.6 Å². The molecule has 0 unspecified atom stereocenters. The highest BCUT2D eigenvalue weighted by atomic mass is 35.5. The Labute approximate surface area is 235 Å². The third-order valence-corrected chi connectivity index (χ3v) is 7.98. The number of amides is 1. The van der Waals surface area contributed by atoms with Crippen molar-refractivity contribution < 1.29 is 9.53 Å². The molecule has 3 N–H and O–H groups in total. The third-order valence-electron chi connectivity index (χ3n) is 7.58. The molecule has 0 bridgehead atoms. The number of alkyl carbamates (subject to hydrolysis) is 1. The van der Waals surface area contributed by atoms with Crippen LogP contribution in [0.2, 0.25) is 5.02 Å². The van der Waals surface area contributed by atoms with Crippen LogP contribution in [0, 0.1) is 22.7 Å². The van der Waals surface area contributed by atoms with Crippen LogP contribution in [0.5, 0.6) is 0 Å². The molecule has 0 radical (unpaired) electrons. The molecule has 206 valence electrons. The highest BCUT2D eigenvalue weighted by Crippen LogP contribution is 2.39. The summed E-state index contributed by atoms with van der Waals surface area (Å²) < 4.78 is 6.16. The maximum Gasteiger partial charge on any atom is 0.407 e. The number of carbonyl (C=O) groups excluding carboxylic acids is 1. The Morgan fingerprint density at radius 1 is 1.12 bits per heavy atom. The van der Waals surface area contributed by atoms with Gasteiger partial charge in [0.15, 0.2) is 17.2 Å². The first-order chi connectivity index (χ1) is 19.4. The molecule has 14 heteroatoms. The molecular formula is C26H28ClN11O2. The van der Waals surface area contributed by atoms with Crippen LogP contribution in [0.3, 0.4) is 0 Å². The molecule has 1 saturated carbocycles. The molecule has 3 aromatic rings. The topological polar surface area (TPSA) is 160 Å². The van der Waals surface area contributed by atoms with E-state index in [1.165, 1.54) is 17.8 Å². The number of likely N-dealkylation sites (tertiary alicyclic amines) is 1. The molecule has 13 nitrogen and oxygen atoms in total. The van der Waals surface area contributed by atoms with Gasteiger partial charge < -0.3 is 25.6 Å². The number of aromatic nitrogens is 4. The maximum absolute atomic E-state index is 11.5. The number of hydrogen-bond acceptors (Lipinski definition) is 11. The van der Waals surface area contributed by atoms with Crippen LogP contribution in [0.25, 0.3) is 5.65 Å². The summed E-state index contributed by atoms with van der Waals surface area (Å²) >= 11 is 6.88. The normalized spacial score (nSPS) is 18.1. The summed E-state index contributed by atoms with van der Waals surface area (Å²) in [4.78, 5) is 25.0. The van der Waals surface area contributed by atoms with E-state index in [1.54, 1.807) is 12.1 Å². The summed E-state index contributed by atoms with van der Waals surface area (Å²) in [6, 6.07) is 8.60. The highest BCUT2D eigenvalue weighted by molar-refractivity contribution is 6.36. The monoisotopic (exact) mass is 561 g/mol.